The fraction of sp³-hybridized carbons (Fsp3) is 0.214. The van der Waals surface area contributed by atoms with Gasteiger partial charge in [-0.05, 0) is 48.2 Å². The molecule has 1 aromatic heterocycles. The first-order chi connectivity index (χ1) is 9.99. The van der Waals surface area contributed by atoms with E-state index in [9.17, 15) is 8.42 Å². The molecule has 5 nitrogen and oxygen atoms in total. The summed E-state index contributed by atoms with van der Waals surface area (Å²) in [6.45, 7) is 0. The summed E-state index contributed by atoms with van der Waals surface area (Å²) in [5, 5.41) is 8.79. The van der Waals surface area contributed by atoms with Gasteiger partial charge in [0.2, 0.25) is 0 Å². The Bertz CT molecular complexity index is 834. The van der Waals surface area contributed by atoms with Crippen LogP contribution in [0.25, 0.3) is 0 Å². The highest BCUT2D eigenvalue weighted by Crippen LogP contribution is 2.34. The molecule has 0 saturated carbocycles. The number of hydrogen-bond donors (Lipinski definition) is 2. The molecule has 3 rings (SSSR count). The predicted molar refractivity (Wildman–Crippen MR) is 81.3 cm³/mol. The van der Waals surface area contributed by atoms with Gasteiger partial charge >= 0.3 is 0 Å². The molecule has 0 saturated heterocycles. The number of thiophene rings is 1. The fourth-order valence-corrected chi connectivity index (χ4v) is 4.90. The van der Waals surface area contributed by atoms with E-state index in [1.807, 2.05) is 18.2 Å². The molecule has 0 radical (unpaired) electrons. The first-order valence-electron chi connectivity index (χ1n) is 6.40. The van der Waals surface area contributed by atoms with Gasteiger partial charge < -0.3 is 5.73 Å². The molecule has 1 heterocycles. The number of hydrogen-bond acceptors (Lipinski definition) is 5. The molecule has 0 spiro atoms. The van der Waals surface area contributed by atoms with Gasteiger partial charge in [-0.15, -0.1) is 11.3 Å². The van der Waals surface area contributed by atoms with Crippen LogP contribution in [0, 0.1) is 11.3 Å². The van der Waals surface area contributed by atoms with E-state index < -0.39 is 10.0 Å². The second-order valence-electron chi connectivity index (χ2n) is 4.90. The smallest absolute Gasteiger partial charge is 0.250 e. The zero-order valence-electron chi connectivity index (χ0n) is 11.0. The summed E-state index contributed by atoms with van der Waals surface area (Å²) in [4.78, 5) is 0.384. The quantitative estimate of drug-likeness (QED) is 0.847. The summed E-state index contributed by atoms with van der Waals surface area (Å²) < 4.78 is 27.6. The first-order valence-corrected chi connectivity index (χ1v) is 8.70. The van der Waals surface area contributed by atoms with Crippen molar-refractivity contribution in [3.05, 3.63) is 46.3 Å². The summed E-state index contributed by atoms with van der Waals surface area (Å²) in [6.07, 6.45) is 1.52. The topological polar surface area (TPSA) is 96.0 Å². The van der Waals surface area contributed by atoms with E-state index in [1.54, 1.807) is 6.07 Å². The van der Waals surface area contributed by atoms with E-state index >= 15 is 0 Å². The zero-order valence-corrected chi connectivity index (χ0v) is 12.7. The number of anilines is 1. The Balaban J connectivity index is 1.87. The van der Waals surface area contributed by atoms with Crippen LogP contribution in [0.2, 0.25) is 0 Å². The minimum absolute atomic E-state index is 0.169. The second-order valence-corrected chi connectivity index (χ2v) is 7.93. The van der Waals surface area contributed by atoms with Crippen LogP contribution in [0.4, 0.5) is 5.69 Å². The molecule has 0 amide bonds. The van der Waals surface area contributed by atoms with Gasteiger partial charge in [0.1, 0.15) is 15.2 Å². The largest absolute Gasteiger partial charge is 0.399 e. The van der Waals surface area contributed by atoms with Crippen molar-refractivity contribution < 1.29 is 8.42 Å². The maximum Gasteiger partial charge on any atom is 0.250 e. The van der Waals surface area contributed by atoms with Gasteiger partial charge in [-0.25, -0.2) is 13.1 Å². The lowest BCUT2D eigenvalue weighted by Crippen LogP contribution is -2.26. The molecule has 1 aliphatic rings. The molecule has 0 bridgehead atoms. The zero-order chi connectivity index (χ0) is 15.0. The number of rotatable bonds is 3. The van der Waals surface area contributed by atoms with Gasteiger partial charge in [0.15, 0.2) is 0 Å². The summed E-state index contributed by atoms with van der Waals surface area (Å²) in [5.41, 5.74) is 8.50. The Morgan fingerprint density at radius 3 is 2.86 bits per heavy atom. The van der Waals surface area contributed by atoms with Crippen LogP contribution in [0.15, 0.2) is 34.5 Å². The van der Waals surface area contributed by atoms with Crippen molar-refractivity contribution in [3.63, 3.8) is 0 Å². The van der Waals surface area contributed by atoms with Crippen molar-refractivity contribution >= 4 is 27.0 Å². The van der Waals surface area contributed by atoms with Crippen LogP contribution in [0.5, 0.6) is 0 Å². The summed E-state index contributed by atoms with van der Waals surface area (Å²) in [6, 6.07) is 10.2. The average molecular weight is 319 g/mol. The second kappa shape index (κ2) is 5.15. The van der Waals surface area contributed by atoms with Crippen LogP contribution in [-0.4, -0.2) is 8.42 Å². The Labute approximate surface area is 127 Å². The molecule has 0 fully saturated rings. The molecule has 1 atom stereocenters. The van der Waals surface area contributed by atoms with Crippen molar-refractivity contribution in [3.8, 4) is 6.07 Å². The van der Waals surface area contributed by atoms with Gasteiger partial charge in [0.05, 0.1) is 0 Å². The Kier molecular flexibility index (Phi) is 3.45. The minimum atomic E-state index is -3.60. The molecule has 21 heavy (non-hydrogen) atoms. The molecule has 7 heteroatoms. The maximum atomic E-state index is 12.4. The van der Waals surface area contributed by atoms with Crippen LogP contribution in [0.1, 0.15) is 28.5 Å². The monoisotopic (exact) mass is 319 g/mol. The third-order valence-corrected chi connectivity index (χ3v) is 6.45. The van der Waals surface area contributed by atoms with Crippen molar-refractivity contribution in [1.29, 1.82) is 5.26 Å². The van der Waals surface area contributed by atoms with Crippen molar-refractivity contribution in [2.45, 2.75) is 23.1 Å². The van der Waals surface area contributed by atoms with E-state index in [4.69, 9.17) is 11.0 Å². The standard InChI is InChI=1S/C14H13N3O2S2/c15-8-11-3-6-14(20-11)21(18,19)17-13-5-1-9-7-10(16)2-4-12(9)13/h2-4,6-7,13,17H,1,5,16H2. The molecule has 2 aromatic rings. The molecule has 1 aliphatic carbocycles. The van der Waals surface area contributed by atoms with Crippen molar-refractivity contribution in [2.24, 2.45) is 0 Å². The number of nitrogens with two attached hydrogens (primary N) is 1. The summed E-state index contributed by atoms with van der Waals surface area (Å²) in [5.74, 6) is 0. The van der Waals surface area contributed by atoms with E-state index in [0.717, 1.165) is 28.9 Å². The number of sulfonamides is 1. The molecule has 0 aliphatic heterocycles. The van der Waals surface area contributed by atoms with Gasteiger partial charge in [-0.1, -0.05) is 6.07 Å². The number of nitrogen functional groups attached to an aromatic ring is 1. The van der Waals surface area contributed by atoms with Crippen LogP contribution in [-0.2, 0) is 16.4 Å². The van der Waals surface area contributed by atoms with Crippen LogP contribution < -0.4 is 10.5 Å². The highest BCUT2D eigenvalue weighted by atomic mass is 32.2. The van der Waals surface area contributed by atoms with E-state index in [-0.39, 0.29) is 10.3 Å². The molecular weight excluding hydrogens is 306 g/mol. The van der Waals surface area contributed by atoms with Crippen molar-refractivity contribution in [1.82, 2.24) is 4.72 Å². The Hall–Kier alpha value is -1.88. The minimum Gasteiger partial charge on any atom is -0.399 e. The van der Waals surface area contributed by atoms with Crippen LogP contribution >= 0.6 is 11.3 Å². The lowest BCUT2D eigenvalue weighted by molar-refractivity contribution is 0.556. The molecule has 1 aromatic carbocycles. The maximum absolute atomic E-state index is 12.4. The molecular formula is C14H13N3O2S2. The van der Waals surface area contributed by atoms with E-state index in [2.05, 4.69) is 4.72 Å². The normalized spacial score (nSPS) is 17.4. The van der Waals surface area contributed by atoms with Crippen LogP contribution in [0.3, 0.4) is 0 Å². The molecule has 1 unspecified atom stereocenters. The van der Waals surface area contributed by atoms with Crippen molar-refractivity contribution in [2.75, 3.05) is 5.73 Å². The molecule has 108 valence electrons. The Morgan fingerprint density at radius 2 is 2.14 bits per heavy atom. The fourth-order valence-electron chi connectivity index (χ4n) is 2.53. The lowest BCUT2D eigenvalue weighted by Gasteiger charge is -2.13. The summed E-state index contributed by atoms with van der Waals surface area (Å²) >= 11 is 0.975. The summed E-state index contributed by atoms with van der Waals surface area (Å²) in [7, 11) is -3.60. The van der Waals surface area contributed by atoms with Gasteiger partial charge in [-0.3, -0.25) is 0 Å². The van der Waals surface area contributed by atoms with Gasteiger partial charge in [0.25, 0.3) is 10.0 Å². The lowest BCUT2D eigenvalue weighted by atomic mass is 10.1. The first kappa shape index (κ1) is 14.1. The average Bonchev–Trinajstić information content (AvgIpc) is 3.06. The molecule has 3 N–H and O–H groups in total. The highest BCUT2D eigenvalue weighted by molar-refractivity contribution is 7.91. The number of nitriles is 1. The number of nitrogens with zero attached hydrogens (tertiary/aromatic N) is 1. The number of benzene rings is 1. The Morgan fingerprint density at radius 1 is 1.33 bits per heavy atom. The van der Waals surface area contributed by atoms with E-state index in [1.165, 1.54) is 12.1 Å². The van der Waals surface area contributed by atoms with Gasteiger partial charge in [-0.2, -0.15) is 5.26 Å². The SMILES string of the molecule is N#Cc1ccc(S(=O)(=O)NC2CCc3cc(N)ccc32)s1. The third-order valence-electron chi connectivity index (χ3n) is 3.50. The third kappa shape index (κ3) is 2.65. The number of aryl methyl sites for hydroxylation is 1. The van der Waals surface area contributed by atoms with Gasteiger partial charge in [0, 0.05) is 11.7 Å². The van der Waals surface area contributed by atoms with E-state index in [0.29, 0.717) is 17.0 Å². The number of fused-ring (bicyclic) bond motifs is 1. The number of nitrogens with one attached hydrogen (secondary N) is 1. The highest BCUT2D eigenvalue weighted by Gasteiger charge is 2.28. The predicted octanol–water partition coefficient (Wildman–Crippen LogP) is 2.17.